The van der Waals surface area contributed by atoms with Gasteiger partial charge in [-0.2, -0.15) is 0 Å². The van der Waals surface area contributed by atoms with Gasteiger partial charge in [0.15, 0.2) is 0 Å². The Balaban J connectivity index is 4.24. The first kappa shape index (κ1) is 18.1. The van der Waals surface area contributed by atoms with Crippen molar-refractivity contribution in [3.05, 3.63) is 0 Å². The largest absolute Gasteiger partial charge is 0.458 e. The Labute approximate surface area is 120 Å². The average Bonchev–Trinajstić information content (AvgIpc) is 2.38. The molecule has 0 saturated heterocycles. The van der Waals surface area contributed by atoms with E-state index in [1.165, 1.54) is 0 Å². The fraction of sp³-hybridized carbons (Fsp3) is 0.846. The topological polar surface area (TPSA) is 55.8 Å². The van der Waals surface area contributed by atoms with Crippen LogP contribution in [0.5, 0.6) is 0 Å². The summed E-state index contributed by atoms with van der Waals surface area (Å²) in [6, 6.07) is 0. The second-order valence-corrected chi connectivity index (χ2v) is 4.92. The van der Waals surface area contributed by atoms with E-state index in [0.29, 0.717) is 25.4 Å². The summed E-state index contributed by atoms with van der Waals surface area (Å²) in [5.74, 6) is 0.444. The summed E-state index contributed by atoms with van der Waals surface area (Å²) in [6.07, 6.45) is 1.10. The molecule has 0 rings (SSSR count). The lowest BCUT2D eigenvalue weighted by Crippen LogP contribution is -2.34. The monoisotopic (exact) mass is 291 g/mol. The number of nitrogens with zero attached hydrogens (tertiary/aromatic N) is 1. The molecule has 112 valence electrons. The highest BCUT2D eigenvalue weighted by molar-refractivity contribution is 8.13. The van der Waals surface area contributed by atoms with Crippen molar-refractivity contribution in [1.29, 1.82) is 0 Å². The molecule has 19 heavy (non-hydrogen) atoms. The summed E-state index contributed by atoms with van der Waals surface area (Å²) < 4.78 is 10.3. The Morgan fingerprint density at radius 1 is 1.16 bits per heavy atom. The number of hydrogen-bond donors (Lipinski definition) is 0. The molecule has 0 aromatic rings. The zero-order valence-electron chi connectivity index (χ0n) is 12.3. The maximum absolute atomic E-state index is 11.8. The Bertz CT molecular complexity index is 269. The number of carbonyl (C=O) groups is 2. The molecule has 0 N–H and O–H groups in total. The second kappa shape index (κ2) is 11.0. The first-order valence-corrected chi connectivity index (χ1v) is 7.82. The predicted octanol–water partition coefficient (Wildman–Crippen LogP) is 3.52. The molecule has 1 unspecified atom stereocenters. The number of amides is 1. The third kappa shape index (κ3) is 7.97. The third-order valence-electron chi connectivity index (χ3n) is 2.55. The van der Waals surface area contributed by atoms with E-state index in [2.05, 4.69) is 0 Å². The Hall–Kier alpha value is -0.910. The summed E-state index contributed by atoms with van der Waals surface area (Å²) >= 11 is 1.06. The lowest BCUT2D eigenvalue weighted by atomic mass is 10.2. The first-order chi connectivity index (χ1) is 9.08. The van der Waals surface area contributed by atoms with Gasteiger partial charge in [0.25, 0.3) is 0 Å². The molecule has 1 amide bonds. The van der Waals surface area contributed by atoms with Gasteiger partial charge in [-0.15, -0.1) is 0 Å². The minimum atomic E-state index is -0.317. The van der Waals surface area contributed by atoms with Crippen LogP contribution in [0.3, 0.4) is 0 Å². The van der Waals surface area contributed by atoms with Crippen LogP contribution in [-0.4, -0.2) is 47.8 Å². The van der Waals surface area contributed by atoms with Gasteiger partial charge in [0, 0.05) is 18.8 Å². The van der Waals surface area contributed by atoms with Gasteiger partial charge in [0.1, 0.15) is 6.10 Å². The number of rotatable bonds is 8. The lowest BCUT2D eigenvalue weighted by molar-refractivity contribution is 0.0708. The molecule has 0 aliphatic carbocycles. The highest BCUT2D eigenvalue weighted by Gasteiger charge is 2.19. The molecule has 0 saturated carbocycles. The molecule has 1 atom stereocenters. The fourth-order valence-electron chi connectivity index (χ4n) is 1.52. The third-order valence-corrected chi connectivity index (χ3v) is 3.44. The SMILES string of the molecule is CCCC(CSC(=O)OCC)OC(=O)N(CC)CC. The van der Waals surface area contributed by atoms with Crippen molar-refractivity contribution < 1.29 is 19.1 Å². The van der Waals surface area contributed by atoms with E-state index in [9.17, 15) is 9.59 Å². The molecule has 0 aliphatic rings. The fourth-order valence-corrected chi connectivity index (χ4v) is 2.28. The van der Waals surface area contributed by atoms with E-state index >= 15 is 0 Å². The molecule has 0 bridgehead atoms. The quantitative estimate of drug-likeness (QED) is 0.640. The number of ether oxygens (including phenoxy) is 2. The lowest BCUT2D eigenvalue weighted by Gasteiger charge is -2.23. The second-order valence-electron chi connectivity index (χ2n) is 3.96. The normalized spacial score (nSPS) is 11.8. The number of hydrogen-bond acceptors (Lipinski definition) is 5. The average molecular weight is 291 g/mol. The number of thioether (sulfide) groups is 1. The van der Waals surface area contributed by atoms with Gasteiger partial charge in [-0.25, -0.2) is 9.59 Å². The molecular weight excluding hydrogens is 266 g/mol. The van der Waals surface area contributed by atoms with Gasteiger partial charge < -0.3 is 14.4 Å². The van der Waals surface area contributed by atoms with Crippen LogP contribution in [0.2, 0.25) is 0 Å². The first-order valence-electron chi connectivity index (χ1n) is 6.83. The van der Waals surface area contributed by atoms with Gasteiger partial charge in [-0.05, 0) is 39.0 Å². The van der Waals surface area contributed by atoms with E-state index in [0.717, 1.165) is 24.6 Å². The standard InChI is InChI=1S/C13H25NO4S/c1-5-9-11(10-19-13(16)17-8-4)18-12(15)14(6-2)7-3/h11H,5-10H2,1-4H3. The van der Waals surface area contributed by atoms with Gasteiger partial charge in [0.05, 0.1) is 6.61 Å². The van der Waals surface area contributed by atoms with Crippen molar-refractivity contribution in [2.75, 3.05) is 25.4 Å². The maximum Gasteiger partial charge on any atom is 0.410 e. The van der Waals surface area contributed by atoms with Crippen LogP contribution in [0.25, 0.3) is 0 Å². The van der Waals surface area contributed by atoms with E-state index in [1.54, 1.807) is 11.8 Å². The van der Waals surface area contributed by atoms with Gasteiger partial charge >= 0.3 is 11.4 Å². The molecule has 0 radical (unpaired) electrons. The van der Waals surface area contributed by atoms with Crippen LogP contribution in [0.15, 0.2) is 0 Å². The molecule has 6 heteroatoms. The number of carbonyl (C=O) groups excluding carboxylic acids is 2. The van der Waals surface area contributed by atoms with E-state index < -0.39 is 0 Å². The molecule has 0 fully saturated rings. The predicted molar refractivity (Wildman–Crippen MR) is 77.6 cm³/mol. The van der Waals surface area contributed by atoms with Gasteiger partial charge in [-0.1, -0.05) is 13.3 Å². The molecular formula is C13H25NO4S. The molecule has 0 heterocycles. The Morgan fingerprint density at radius 2 is 1.79 bits per heavy atom. The van der Waals surface area contributed by atoms with Gasteiger partial charge in [-0.3, -0.25) is 0 Å². The van der Waals surface area contributed by atoms with Crippen molar-refractivity contribution in [2.24, 2.45) is 0 Å². The maximum atomic E-state index is 11.8. The van der Waals surface area contributed by atoms with E-state index in [1.807, 2.05) is 20.8 Å². The summed E-state index contributed by atoms with van der Waals surface area (Å²) in [5.41, 5.74) is 0. The van der Waals surface area contributed by atoms with Crippen LogP contribution in [0, 0.1) is 0 Å². The van der Waals surface area contributed by atoms with Crippen LogP contribution in [0.4, 0.5) is 9.59 Å². The summed E-state index contributed by atoms with van der Waals surface area (Å²) in [4.78, 5) is 24.7. The highest BCUT2D eigenvalue weighted by Crippen LogP contribution is 2.14. The van der Waals surface area contributed by atoms with Crippen molar-refractivity contribution in [1.82, 2.24) is 4.90 Å². The molecule has 0 spiro atoms. The molecule has 5 nitrogen and oxygen atoms in total. The zero-order valence-corrected chi connectivity index (χ0v) is 13.1. The smallest absolute Gasteiger partial charge is 0.410 e. The molecule has 0 aliphatic heterocycles. The van der Waals surface area contributed by atoms with Crippen LogP contribution in [-0.2, 0) is 9.47 Å². The van der Waals surface area contributed by atoms with Crippen molar-refractivity contribution in [2.45, 2.75) is 46.6 Å². The van der Waals surface area contributed by atoms with Crippen LogP contribution in [0.1, 0.15) is 40.5 Å². The Morgan fingerprint density at radius 3 is 2.26 bits per heavy atom. The van der Waals surface area contributed by atoms with E-state index in [-0.39, 0.29) is 17.5 Å². The summed E-state index contributed by atoms with van der Waals surface area (Å²) in [7, 11) is 0. The summed E-state index contributed by atoms with van der Waals surface area (Å²) in [6.45, 7) is 9.22. The highest BCUT2D eigenvalue weighted by atomic mass is 32.2. The van der Waals surface area contributed by atoms with Crippen LogP contribution >= 0.6 is 11.8 Å². The van der Waals surface area contributed by atoms with Crippen molar-refractivity contribution in [3.63, 3.8) is 0 Å². The zero-order chi connectivity index (χ0) is 14.7. The van der Waals surface area contributed by atoms with Crippen molar-refractivity contribution >= 4 is 23.2 Å². The minimum absolute atomic E-state index is 0.243. The minimum Gasteiger partial charge on any atom is -0.458 e. The van der Waals surface area contributed by atoms with Crippen LogP contribution < -0.4 is 0 Å². The molecule has 0 aromatic carbocycles. The molecule has 0 aromatic heterocycles. The summed E-state index contributed by atoms with van der Waals surface area (Å²) in [5, 5.41) is -0.317. The van der Waals surface area contributed by atoms with Gasteiger partial charge in [0.2, 0.25) is 0 Å². The van der Waals surface area contributed by atoms with Crippen molar-refractivity contribution in [3.8, 4) is 0 Å². The Kier molecular flexibility index (Phi) is 10.4. The van der Waals surface area contributed by atoms with E-state index in [4.69, 9.17) is 9.47 Å².